The second kappa shape index (κ2) is 4.89. The summed E-state index contributed by atoms with van der Waals surface area (Å²) >= 11 is 0. The summed E-state index contributed by atoms with van der Waals surface area (Å²) in [4.78, 5) is 13.3. The van der Waals surface area contributed by atoms with Gasteiger partial charge in [0, 0.05) is 6.07 Å². The number of rotatable bonds is 1. The molecule has 120 valence electrons. The Labute approximate surface area is 137 Å². The van der Waals surface area contributed by atoms with Crippen molar-refractivity contribution in [3.8, 4) is 23.1 Å². The van der Waals surface area contributed by atoms with Crippen molar-refractivity contribution in [1.82, 2.24) is 24.6 Å². The number of hydrogen-bond donors (Lipinski definition) is 2. The molecule has 7 heteroatoms. The van der Waals surface area contributed by atoms with Crippen LogP contribution in [0.5, 0.6) is 11.8 Å². The third kappa shape index (κ3) is 2.13. The summed E-state index contributed by atoms with van der Waals surface area (Å²) in [6, 6.07) is 6.81. The van der Waals surface area contributed by atoms with Crippen molar-refractivity contribution in [3.63, 3.8) is 0 Å². The van der Waals surface area contributed by atoms with E-state index in [0.717, 1.165) is 28.4 Å². The molecule has 1 aromatic carbocycles. The third-order valence-electron chi connectivity index (χ3n) is 4.09. The maximum Gasteiger partial charge on any atom is 0.219 e. The molecule has 4 aromatic rings. The predicted octanol–water partition coefficient (Wildman–Crippen LogP) is 2.68. The average molecular weight is 321 g/mol. The Balaban J connectivity index is 1.97. The van der Waals surface area contributed by atoms with Gasteiger partial charge in [0.05, 0.1) is 22.8 Å². The van der Waals surface area contributed by atoms with Crippen LogP contribution in [-0.2, 0) is 0 Å². The quantitative estimate of drug-likeness (QED) is 0.559. The summed E-state index contributed by atoms with van der Waals surface area (Å²) in [6.07, 6.45) is 0. The monoisotopic (exact) mass is 321 g/mol. The van der Waals surface area contributed by atoms with Crippen molar-refractivity contribution >= 4 is 16.7 Å². The van der Waals surface area contributed by atoms with Gasteiger partial charge in [-0.15, -0.1) is 0 Å². The van der Waals surface area contributed by atoms with E-state index >= 15 is 0 Å². The molecule has 3 aromatic heterocycles. The summed E-state index contributed by atoms with van der Waals surface area (Å²) in [5, 5.41) is 23.7. The summed E-state index contributed by atoms with van der Waals surface area (Å²) in [5.74, 6) is -0.458. The highest BCUT2D eigenvalue weighted by Crippen LogP contribution is 2.26. The molecule has 0 saturated carbocycles. The highest BCUT2D eigenvalue weighted by Gasteiger charge is 2.15. The molecular weight excluding hydrogens is 306 g/mol. The molecule has 0 spiro atoms. The summed E-state index contributed by atoms with van der Waals surface area (Å²) in [5.41, 5.74) is 6.16. The maximum atomic E-state index is 9.88. The van der Waals surface area contributed by atoms with E-state index in [9.17, 15) is 10.2 Å². The van der Waals surface area contributed by atoms with Crippen LogP contribution < -0.4 is 0 Å². The number of aryl methyl sites for hydroxylation is 3. The smallest absolute Gasteiger partial charge is 0.219 e. The lowest BCUT2D eigenvalue weighted by Gasteiger charge is -2.07. The SMILES string of the molecule is Cc1cc2nc(C)c(-c3cc4nc(O)cc(O)n4n3)nc2cc1C. The van der Waals surface area contributed by atoms with Crippen LogP contribution in [-0.4, -0.2) is 34.8 Å². The Kier molecular flexibility index (Phi) is 2.93. The van der Waals surface area contributed by atoms with E-state index in [1.807, 2.05) is 32.9 Å². The van der Waals surface area contributed by atoms with Crippen LogP contribution >= 0.6 is 0 Å². The first kappa shape index (κ1) is 14.4. The Hall–Kier alpha value is -3.22. The van der Waals surface area contributed by atoms with Crippen molar-refractivity contribution in [2.45, 2.75) is 20.8 Å². The molecule has 0 aliphatic heterocycles. The molecule has 0 aliphatic rings. The van der Waals surface area contributed by atoms with Gasteiger partial charge in [-0.3, -0.25) is 0 Å². The normalized spacial score (nSPS) is 11.5. The number of fused-ring (bicyclic) bond motifs is 2. The largest absolute Gasteiger partial charge is 0.493 e. The van der Waals surface area contributed by atoms with Gasteiger partial charge in [-0.05, 0) is 44.0 Å². The zero-order chi connectivity index (χ0) is 17.0. The fourth-order valence-electron chi connectivity index (χ4n) is 2.70. The molecule has 0 aliphatic carbocycles. The first-order chi connectivity index (χ1) is 11.4. The minimum Gasteiger partial charge on any atom is -0.493 e. The first-order valence-corrected chi connectivity index (χ1v) is 7.47. The Morgan fingerprint density at radius 2 is 1.50 bits per heavy atom. The summed E-state index contributed by atoms with van der Waals surface area (Å²) < 4.78 is 1.25. The molecule has 0 unspecified atom stereocenters. The second-order valence-electron chi connectivity index (χ2n) is 5.85. The fourth-order valence-corrected chi connectivity index (χ4v) is 2.70. The molecule has 2 N–H and O–H groups in total. The van der Waals surface area contributed by atoms with E-state index in [2.05, 4.69) is 20.1 Å². The van der Waals surface area contributed by atoms with Crippen LogP contribution in [0, 0.1) is 20.8 Å². The molecule has 24 heavy (non-hydrogen) atoms. The van der Waals surface area contributed by atoms with Crippen molar-refractivity contribution < 1.29 is 10.2 Å². The van der Waals surface area contributed by atoms with Gasteiger partial charge in [-0.1, -0.05) is 0 Å². The Morgan fingerprint density at radius 1 is 0.833 bits per heavy atom. The second-order valence-corrected chi connectivity index (χ2v) is 5.85. The standard InChI is InChI=1S/C17H15N5O2/c1-8-4-11-12(5-9(8)2)19-17(10(3)18-11)13-6-14-20-15(23)7-16(24)22(14)21-13/h4-7,24H,1-3H3,(H,20,23). The maximum absolute atomic E-state index is 9.88. The first-order valence-electron chi connectivity index (χ1n) is 7.47. The lowest BCUT2D eigenvalue weighted by Crippen LogP contribution is -1.97. The third-order valence-corrected chi connectivity index (χ3v) is 4.09. The Bertz CT molecular complexity index is 1120. The lowest BCUT2D eigenvalue weighted by atomic mass is 10.1. The van der Waals surface area contributed by atoms with Gasteiger partial charge >= 0.3 is 0 Å². The van der Waals surface area contributed by atoms with E-state index in [1.54, 1.807) is 6.07 Å². The molecule has 0 atom stereocenters. The number of hydrogen-bond acceptors (Lipinski definition) is 6. The van der Waals surface area contributed by atoms with Crippen LogP contribution in [0.25, 0.3) is 28.1 Å². The van der Waals surface area contributed by atoms with Crippen LogP contribution in [0.3, 0.4) is 0 Å². The van der Waals surface area contributed by atoms with E-state index in [-0.39, 0.29) is 11.8 Å². The van der Waals surface area contributed by atoms with Crippen molar-refractivity contribution in [2.24, 2.45) is 0 Å². The molecule has 3 heterocycles. The molecule has 0 bridgehead atoms. The highest BCUT2D eigenvalue weighted by atomic mass is 16.3. The van der Waals surface area contributed by atoms with E-state index in [1.165, 1.54) is 10.1 Å². The zero-order valence-electron chi connectivity index (χ0n) is 13.4. The zero-order valence-corrected chi connectivity index (χ0v) is 13.4. The number of nitrogens with zero attached hydrogens (tertiary/aromatic N) is 5. The minimum absolute atomic E-state index is 0.193. The lowest BCUT2D eigenvalue weighted by molar-refractivity contribution is 0.413. The number of benzene rings is 1. The van der Waals surface area contributed by atoms with Gasteiger partial charge in [0.2, 0.25) is 11.8 Å². The van der Waals surface area contributed by atoms with Gasteiger partial charge in [-0.25, -0.2) is 9.97 Å². The van der Waals surface area contributed by atoms with Crippen LogP contribution in [0.2, 0.25) is 0 Å². The van der Waals surface area contributed by atoms with Crippen LogP contribution in [0.1, 0.15) is 16.8 Å². The topological polar surface area (TPSA) is 96.4 Å². The highest BCUT2D eigenvalue weighted by molar-refractivity contribution is 5.79. The van der Waals surface area contributed by atoms with E-state index in [0.29, 0.717) is 17.0 Å². The van der Waals surface area contributed by atoms with Gasteiger partial charge in [0.1, 0.15) is 11.4 Å². The van der Waals surface area contributed by atoms with E-state index < -0.39 is 0 Å². The minimum atomic E-state index is -0.265. The molecule has 4 rings (SSSR count). The summed E-state index contributed by atoms with van der Waals surface area (Å²) in [7, 11) is 0. The van der Waals surface area contributed by atoms with E-state index in [4.69, 9.17) is 0 Å². The average Bonchev–Trinajstić information content (AvgIpc) is 2.92. The van der Waals surface area contributed by atoms with Gasteiger partial charge in [0.25, 0.3) is 0 Å². The van der Waals surface area contributed by atoms with Crippen LogP contribution in [0.4, 0.5) is 0 Å². The molecule has 7 nitrogen and oxygen atoms in total. The van der Waals surface area contributed by atoms with Gasteiger partial charge in [0.15, 0.2) is 5.65 Å². The molecule has 0 fully saturated rings. The fraction of sp³-hybridized carbons (Fsp3) is 0.176. The van der Waals surface area contributed by atoms with Gasteiger partial charge in [-0.2, -0.15) is 14.6 Å². The van der Waals surface area contributed by atoms with Crippen molar-refractivity contribution in [1.29, 1.82) is 0 Å². The molecule has 0 amide bonds. The summed E-state index contributed by atoms with van der Waals surface area (Å²) in [6.45, 7) is 5.94. The Morgan fingerprint density at radius 3 is 2.21 bits per heavy atom. The molecule has 0 radical (unpaired) electrons. The molecule has 0 saturated heterocycles. The van der Waals surface area contributed by atoms with Crippen molar-refractivity contribution in [3.05, 3.63) is 41.1 Å². The van der Waals surface area contributed by atoms with Crippen LogP contribution in [0.15, 0.2) is 24.3 Å². The number of aromatic hydroxyl groups is 2. The number of aromatic nitrogens is 5. The van der Waals surface area contributed by atoms with Crippen molar-refractivity contribution in [2.75, 3.05) is 0 Å². The predicted molar refractivity (Wildman–Crippen MR) is 89.1 cm³/mol. The van der Waals surface area contributed by atoms with Gasteiger partial charge < -0.3 is 10.2 Å². The molecular formula is C17H15N5O2.